The van der Waals surface area contributed by atoms with E-state index in [1.165, 1.54) is 12.5 Å². The smallest absolute Gasteiger partial charge is 0.339 e. The van der Waals surface area contributed by atoms with Gasteiger partial charge in [0.15, 0.2) is 0 Å². The van der Waals surface area contributed by atoms with Crippen molar-refractivity contribution < 1.29 is 14.3 Å². The Balaban J connectivity index is 2.14. The van der Waals surface area contributed by atoms with Gasteiger partial charge in [0.05, 0.1) is 18.2 Å². The average Bonchev–Trinajstić information content (AvgIpc) is 2.83. The van der Waals surface area contributed by atoms with Crippen LogP contribution >= 0.6 is 0 Å². The number of carboxylic acids is 1. The fourth-order valence-electron chi connectivity index (χ4n) is 1.85. The Bertz CT molecular complexity index is 523. The van der Waals surface area contributed by atoms with Gasteiger partial charge in [0.1, 0.15) is 11.3 Å². The summed E-state index contributed by atoms with van der Waals surface area (Å²) in [7, 11) is 0. The molecule has 5 heteroatoms. The van der Waals surface area contributed by atoms with Gasteiger partial charge >= 0.3 is 5.97 Å². The van der Waals surface area contributed by atoms with Crippen molar-refractivity contribution in [1.82, 2.24) is 10.2 Å². The summed E-state index contributed by atoms with van der Waals surface area (Å²) in [6.07, 6.45) is 5.08. The fourth-order valence-corrected chi connectivity index (χ4v) is 1.85. The number of furan rings is 1. The Morgan fingerprint density at radius 2 is 2.38 bits per heavy atom. The molecule has 2 heterocycles. The molecule has 2 N–H and O–H groups in total. The minimum Gasteiger partial charge on any atom is -0.478 e. The van der Waals surface area contributed by atoms with Crippen molar-refractivity contribution in [3.05, 3.63) is 29.9 Å². The lowest BCUT2D eigenvalue weighted by Crippen LogP contribution is -2.00. The first-order chi connectivity index (χ1) is 7.77. The van der Waals surface area contributed by atoms with E-state index < -0.39 is 5.97 Å². The average molecular weight is 218 g/mol. The van der Waals surface area contributed by atoms with Crippen LogP contribution in [0.4, 0.5) is 0 Å². The van der Waals surface area contributed by atoms with E-state index in [1.807, 2.05) is 0 Å². The molecule has 2 aromatic rings. The number of rotatable bonds is 3. The second-order valence-corrected chi connectivity index (χ2v) is 3.95. The van der Waals surface area contributed by atoms with Crippen LogP contribution in [0.15, 0.2) is 23.0 Å². The summed E-state index contributed by atoms with van der Waals surface area (Å²) in [6.45, 7) is 0. The number of carboxylic acid groups (broad SMARTS) is 1. The Hall–Kier alpha value is -2.04. The Morgan fingerprint density at radius 1 is 1.56 bits per heavy atom. The summed E-state index contributed by atoms with van der Waals surface area (Å²) >= 11 is 0. The van der Waals surface area contributed by atoms with Gasteiger partial charge in [-0.15, -0.1) is 0 Å². The lowest BCUT2D eigenvalue weighted by Gasteiger charge is -1.97. The van der Waals surface area contributed by atoms with Crippen LogP contribution in [0.25, 0.3) is 11.3 Å². The Kier molecular flexibility index (Phi) is 1.86. The Labute approximate surface area is 91.1 Å². The molecule has 1 aliphatic carbocycles. The first-order valence-corrected chi connectivity index (χ1v) is 5.11. The van der Waals surface area contributed by atoms with E-state index in [4.69, 9.17) is 4.42 Å². The number of nitrogens with zero attached hydrogens (tertiary/aromatic N) is 1. The fraction of sp³-hybridized carbons (Fsp3) is 0.273. The third kappa shape index (κ3) is 1.32. The molecule has 0 aromatic carbocycles. The summed E-state index contributed by atoms with van der Waals surface area (Å²) in [4.78, 5) is 11.2. The molecule has 0 unspecified atom stereocenters. The largest absolute Gasteiger partial charge is 0.478 e. The predicted molar refractivity (Wildman–Crippen MR) is 55.2 cm³/mol. The first kappa shape index (κ1) is 9.21. The third-order valence-corrected chi connectivity index (χ3v) is 2.79. The lowest BCUT2D eigenvalue weighted by atomic mass is 10.1. The monoisotopic (exact) mass is 218 g/mol. The normalized spacial score (nSPS) is 15.2. The van der Waals surface area contributed by atoms with E-state index in [9.17, 15) is 9.90 Å². The van der Waals surface area contributed by atoms with Crippen LogP contribution in [0.2, 0.25) is 0 Å². The topological polar surface area (TPSA) is 79.1 Å². The molecule has 0 saturated heterocycles. The summed E-state index contributed by atoms with van der Waals surface area (Å²) in [5.74, 6) is -0.605. The third-order valence-electron chi connectivity index (χ3n) is 2.79. The number of carbonyl (C=O) groups is 1. The van der Waals surface area contributed by atoms with E-state index in [1.54, 1.807) is 6.07 Å². The number of nitrogens with one attached hydrogen (secondary N) is 1. The lowest BCUT2D eigenvalue weighted by molar-refractivity contribution is 0.0696. The van der Waals surface area contributed by atoms with Crippen molar-refractivity contribution in [3.8, 4) is 11.3 Å². The number of hydrogen-bond donors (Lipinski definition) is 2. The summed E-state index contributed by atoms with van der Waals surface area (Å²) in [6, 6.07) is 1.71. The highest BCUT2D eigenvalue weighted by Crippen LogP contribution is 2.42. The molecule has 1 saturated carbocycles. The van der Waals surface area contributed by atoms with Crippen LogP contribution in [-0.4, -0.2) is 21.3 Å². The predicted octanol–water partition coefficient (Wildman–Crippen LogP) is 2.25. The van der Waals surface area contributed by atoms with Gasteiger partial charge in [-0.2, -0.15) is 5.10 Å². The maximum Gasteiger partial charge on any atom is 0.339 e. The molecule has 1 aliphatic rings. The van der Waals surface area contributed by atoms with Crippen LogP contribution in [0.5, 0.6) is 0 Å². The van der Waals surface area contributed by atoms with Gasteiger partial charge < -0.3 is 9.52 Å². The molecule has 3 rings (SSSR count). The molecular weight excluding hydrogens is 208 g/mol. The number of hydrogen-bond acceptors (Lipinski definition) is 3. The standard InChI is InChI=1S/C11H10N2O3/c14-11(15)8-9(6-1-2-6)12-13-10(8)7-3-4-16-5-7/h3-6H,1-2H2,(H,12,13)(H,14,15). The van der Waals surface area contributed by atoms with E-state index in [-0.39, 0.29) is 5.56 Å². The van der Waals surface area contributed by atoms with Crippen LogP contribution in [0.3, 0.4) is 0 Å². The van der Waals surface area contributed by atoms with Crippen molar-refractivity contribution in [1.29, 1.82) is 0 Å². The second-order valence-electron chi connectivity index (χ2n) is 3.95. The molecule has 82 valence electrons. The van der Waals surface area contributed by atoms with Crippen LogP contribution in [-0.2, 0) is 0 Å². The highest BCUT2D eigenvalue weighted by molar-refractivity contribution is 5.96. The highest BCUT2D eigenvalue weighted by Gasteiger charge is 2.32. The highest BCUT2D eigenvalue weighted by atomic mass is 16.4. The minimum atomic E-state index is -0.938. The zero-order valence-electron chi connectivity index (χ0n) is 8.43. The molecule has 1 fully saturated rings. The molecule has 5 nitrogen and oxygen atoms in total. The van der Waals surface area contributed by atoms with Crippen molar-refractivity contribution in [2.24, 2.45) is 0 Å². The second kappa shape index (κ2) is 3.23. The zero-order valence-corrected chi connectivity index (χ0v) is 8.43. The van der Waals surface area contributed by atoms with Crippen molar-refractivity contribution >= 4 is 5.97 Å². The summed E-state index contributed by atoms with van der Waals surface area (Å²) in [5, 5.41) is 16.1. The summed E-state index contributed by atoms with van der Waals surface area (Å²) in [5.41, 5.74) is 2.18. The quantitative estimate of drug-likeness (QED) is 0.828. The SMILES string of the molecule is O=C(O)c1c(-c2ccoc2)n[nH]c1C1CC1. The maximum absolute atomic E-state index is 11.2. The van der Waals surface area contributed by atoms with Gasteiger partial charge in [-0.05, 0) is 18.9 Å². The molecule has 2 aromatic heterocycles. The zero-order chi connectivity index (χ0) is 11.1. The molecule has 0 amide bonds. The first-order valence-electron chi connectivity index (χ1n) is 5.11. The Morgan fingerprint density at radius 3 is 2.94 bits per heavy atom. The van der Waals surface area contributed by atoms with Crippen molar-refractivity contribution in [2.75, 3.05) is 0 Å². The van der Waals surface area contributed by atoms with Crippen LogP contribution < -0.4 is 0 Å². The molecule has 0 atom stereocenters. The van der Waals surface area contributed by atoms with Crippen LogP contribution in [0.1, 0.15) is 34.8 Å². The van der Waals surface area contributed by atoms with Crippen molar-refractivity contribution in [2.45, 2.75) is 18.8 Å². The number of aromatic amines is 1. The van der Waals surface area contributed by atoms with Gasteiger partial charge in [0.2, 0.25) is 0 Å². The van der Waals surface area contributed by atoms with E-state index in [0.717, 1.165) is 18.5 Å². The van der Waals surface area contributed by atoms with E-state index >= 15 is 0 Å². The van der Waals surface area contributed by atoms with Gasteiger partial charge in [-0.25, -0.2) is 4.79 Å². The molecule has 16 heavy (non-hydrogen) atoms. The van der Waals surface area contributed by atoms with Crippen molar-refractivity contribution in [3.63, 3.8) is 0 Å². The maximum atomic E-state index is 11.2. The number of aromatic carboxylic acids is 1. The van der Waals surface area contributed by atoms with Crippen LogP contribution in [0, 0.1) is 0 Å². The minimum absolute atomic E-state index is 0.281. The van der Waals surface area contributed by atoms with E-state index in [2.05, 4.69) is 10.2 Å². The van der Waals surface area contributed by atoms with Gasteiger partial charge in [-0.1, -0.05) is 0 Å². The molecule has 0 bridgehead atoms. The van der Waals surface area contributed by atoms with Gasteiger partial charge in [0.25, 0.3) is 0 Å². The van der Waals surface area contributed by atoms with Gasteiger partial charge in [-0.3, -0.25) is 5.10 Å². The van der Waals surface area contributed by atoms with Gasteiger partial charge in [0, 0.05) is 11.5 Å². The molecular formula is C11H10N2O3. The number of aromatic nitrogens is 2. The molecule has 0 aliphatic heterocycles. The number of H-pyrrole nitrogens is 1. The summed E-state index contributed by atoms with van der Waals surface area (Å²) < 4.78 is 4.94. The van der Waals surface area contributed by atoms with E-state index in [0.29, 0.717) is 17.2 Å². The molecule has 0 radical (unpaired) electrons. The molecule has 0 spiro atoms.